The Balaban J connectivity index is 1.33. The Morgan fingerprint density at radius 1 is 1.35 bits per heavy atom. The van der Waals surface area contributed by atoms with Crippen LogP contribution < -0.4 is 10.1 Å². The van der Waals surface area contributed by atoms with Crippen LogP contribution >= 0.6 is 0 Å². The number of nitrogens with zero attached hydrogens (tertiary/aromatic N) is 2. The van der Waals surface area contributed by atoms with Crippen molar-refractivity contribution in [2.45, 2.75) is 25.5 Å². The first kappa shape index (κ1) is 14.7. The molecule has 0 spiro atoms. The second-order valence-corrected chi connectivity index (χ2v) is 6.46. The minimum atomic E-state index is 0.171. The molecule has 23 heavy (non-hydrogen) atoms. The molecule has 0 amide bonds. The van der Waals surface area contributed by atoms with E-state index in [-0.39, 0.29) is 6.10 Å². The Morgan fingerprint density at radius 2 is 2.30 bits per heavy atom. The Kier molecular flexibility index (Phi) is 4.06. The molecular formula is C18H23N3O2. The molecule has 0 aliphatic carbocycles. The van der Waals surface area contributed by atoms with Crippen molar-refractivity contribution in [3.63, 3.8) is 0 Å². The summed E-state index contributed by atoms with van der Waals surface area (Å²) in [7, 11) is 1.95. The van der Waals surface area contributed by atoms with Gasteiger partial charge in [0.25, 0.3) is 0 Å². The number of fused-ring (bicyclic) bond motifs is 1. The number of nitrogens with one attached hydrogen (secondary N) is 1. The summed E-state index contributed by atoms with van der Waals surface area (Å²) in [6, 6.07) is 6.51. The molecule has 122 valence electrons. The first-order valence-electron chi connectivity index (χ1n) is 8.35. The predicted octanol–water partition coefficient (Wildman–Crippen LogP) is 2.22. The van der Waals surface area contributed by atoms with Crippen LogP contribution in [0.1, 0.15) is 29.2 Å². The Morgan fingerprint density at radius 3 is 3.17 bits per heavy atom. The van der Waals surface area contributed by atoms with Crippen molar-refractivity contribution >= 4 is 0 Å². The van der Waals surface area contributed by atoms with Crippen molar-refractivity contribution < 1.29 is 9.47 Å². The summed E-state index contributed by atoms with van der Waals surface area (Å²) in [5, 5.41) is 7.85. The Labute approximate surface area is 136 Å². The molecule has 2 aromatic rings. The summed E-state index contributed by atoms with van der Waals surface area (Å²) in [6.45, 7) is 3.51. The van der Waals surface area contributed by atoms with E-state index in [1.54, 1.807) is 0 Å². The third-order valence-corrected chi connectivity index (χ3v) is 4.76. The van der Waals surface area contributed by atoms with Gasteiger partial charge in [0.05, 0.1) is 18.9 Å². The van der Waals surface area contributed by atoms with Gasteiger partial charge in [0.15, 0.2) is 0 Å². The minimum Gasteiger partial charge on any atom is -0.493 e. The summed E-state index contributed by atoms with van der Waals surface area (Å²) in [5.41, 5.74) is 3.85. The second kappa shape index (κ2) is 6.34. The van der Waals surface area contributed by atoms with Crippen molar-refractivity contribution in [1.82, 2.24) is 15.1 Å². The molecule has 2 aliphatic rings. The summed E-state index contributed by atoms with van der Waals surface area (Å²) >= 11 is 0. The van der Waals surface area contributed by atoms with Crippen molar-refractivity contribution in [1.29, 1.82) is 0 Å². The van der Waals surface area contributed by atoms with Crippen LogP contribution in [0.15, 0.2) is 30.6 Å². The van der Waals surface area contributed by atoms with Gasteiger partial charge in [0.1, 0.15) is 5.75 Å². The predicted molar refractivity (Wildman–Crippen MR) is 87.4 cm³/mol. The molecule has 2 atom stereocenters. The molecular weight excluding hydrogens is 290 g/mol. The van der Waals surface area contributed by atoms with E-state index in [9.17, 15) is 0 Å². The van der Waals surface area contributed by atoms with Crippen molar-refractivity contribution in [2.75, 3.05) is 19.8 Å². The number of benzene rings is 1. The monoisotopic (exact) mass is 313 g/mol. The zero-order valence-corrected chi connectivity index (χ0v) is 13.5. The van der Waals surface area contributed by atoms with Gasteiger partial charge in [-0.2, -0.15) is 5.10 Å². The maximum atomic E-state index is 5.92. The molecule has 1 N–H and O–H groups in total. The summed E-state index contributed by atoms with van der Waals surface area (Å²) in [6.07, 6.45) is 6.28. The number of ether oxygens (including phenoxy) is 2. The van der Waals surface area contributed by atoms with E-state index in [1.165, 1.54) is 16.7 Å². The molecule has 4 rings (SSSR count). The van der Waals surface area contributed by atoms with Crippen molar-refractivity contribution in [3.8, 4) is 5.75 Å². The molecule has 0 saturated carbocycles. The van der Waals surface area contributed by atoms with Crippen LogP contribution in [0, 0.1) is 5.92 Å². The number of rotatable bonds is 5. The lowest BCUT2D eigenvalue weighted by Gasteiger charge is -2.18. The number of hydrogen-bond donors (Lipinski definition) is 1. The average molecular weight is 313 g/mol. The largest absolute Gasteiger partial charge is 0.493 e. The second-order valence-electron chi connectivity index (χ2n) is 6.46. The first-order valence-corrected chi connectivity index (χ1v) is 8.35. The lowest BCUT2D eigenvalue weighted by atomic mass is 9.97. The zero-order chi connectivity index (χ0) is 15.6. The molecule has 1 saturated heterocycles. The lowest BCUT2D eigenvalue weighted by molar-refractivity contribution is 0.0904. The maximum Gasteiger partial charge on any atom is 0.122 e. The quantitative estimate of drug-likeness (QED) is 0.919. The third kappa shape index (κ3) is 3.12. The van der Waals surface area contributed by atoms with Crippen molar-refractivity contribution in [3.05, 3.63) is 47.3 Å². The van der Waals surface area contributed by atoms with Crippen LogP contribution in [0.4, 0.5) is 0 Å². The third-order valence-electron chi connectivity index (χ3n) is 4.76. The van der Waals surface area contributed by atoms with Crippen LogP contribution in [-0.2, 0) is 24.8 Å². The Bertz CT molecular complexity index is 683. The summed E-state index contributed by atoms with van der Waals surface area (Å²) in [4.78, 5) is 0. The average Bonchev–Trinajstić information content (AvgIpc) is 3.26. The fourth-order valence-corrected chi connectivity index (χ4v) is 3.55. The highest BCUT2D eigenvalue weighted by Gasteiger charge is 2.30. The fraction of sp³-hybridized carbons (Fsp3) is 0.500. The van der Waals surface area contributed by atoms with Crippen LogP contribution in [0.25, 0.3) is 0 Å². The van der Waals surface area contributed by atoms with E-state index in [0.717, 1.165) is 44.9 Å². The van der Waals surface area contributed by atoms with Crippen LogP contribution in [-0.4, -0.2) is 29.5 Å². The van der Waals surface area contributed by atoms with Gasteiger partial charge in [-0.25, -0.2) is 0 Å². The minimum absolute atomic E-state index is 0.171. The molecule has 0 bridgehead atoms. The van der Waals surface area contributed by atoms with Crippen LogP contribution in [0.2, 0.25) is 0 Å². The lowest BCUT2D eigenvalue weighted by Crippen LogP contribution is -2.24. The molecule has 1 aromatic carbocycles. The van der Waals surface area contributed by atoms with E-state index in [0.29, 0.717) is 5.92 Å². The molecule has 0 radical (unpaired) electrons. The molecule has 1 fully saturated rings. The van der Waals surface area contributed by atoms with E-state index in [4.69, 9.17) is 9.47 Å². The van der Waals surface area contributed by atoms with E-state index >= 15 is 0 Å². The van der Waals surface area contributed by atoms with Gasteiger partial charge in [-0.1, -0.05) is 12.1 Å². The Hall–Kier alpha value is -1.85. The van der Waals surface area contributed by atoms with Gasteiger partial charge < -0.3 is 14.8 Å². The van der Waals surface area contributed by atoms with E-state index in [2.05, 4.69) is 34.8 Å². The van der Waals surface area contributed by atoms with Gasteiger partial charge in [0, 0.05) is 50.8 Å². The van der Waals surface area contributed by atoms with Gasteiger partial charge in [-0.05, 0) is 23.6 Å². The fourth-order valence-electron chi connectivity index (χ4n) is 3.55. The van der Waals surface area contributed by atoms with Gasteiger partial charge in [-0.15, -0.1) is 0 Å². The summed E-state index contributed by atoms with van der Waals surface area (Å²) < 4.78 is 13.3. The number of hydrogen-bond acceptors (Lipinski definition) is 4. The van der Waals surface area contributed by atoms with E-state index in [1.807, 2.05) is 17.9 Å². The van der Waals surface area contributed by atoms with Gasteiger partial charge >= 0.3 is 0 Å². The standard InChI is InChI=1S/C18H23N3O2/c1-21-12-16(11-20-21)18-15(5-7-23-18)10-19-9-13-2-3-17-14(8-13)4-6-22-17/h2-3,8,11-12,15,18-19H,4-7,9-10H2,1H3. The molecule has 3 heterocycles. The maximum absolute atomic E-state index is 5.92. The highest BCUT2D eigenvalue weighted by molar-refractivity contribution is 5.39. The van der Waals surface area contributed by atoms with Gasteiger partial charge in [-0.3, -0.25) is 4.68 Å². The first-order chi connectivity index (χ1) is 11.3. The molecule has 5 nitrogen and oxygen atoms in total. The SMILES string of the molecule is Cn1cc(C2OCCC2CNCc2ccc3c(c2)CCO3)cn1. The molecule has 5 heteroatoms. The smallest absolute Gasteiger partial charge is 0.122 e. The summed E-state index contributed by atoms with van der Waals surface area (Å²) in [5.74, 6) is 1.56. The molecule has 2 unspecified atom stereocenters. The zero-order valence-electron chi connectivity index (χ0n) is 13.5. The van der Waals surface area contributed by atoms with E-state index < -0.39 is 0 Å². The van der Waals surface area contributed by atoms with Crippen LogP contribution in [0.3, 0.4) is 0 Å². The van der Waals surface area contributed by atoms with Gasteiger partial charge in [0.2, 0.25) is 0 Å². The highest BCUT2D eigenvalue weighted by atomic mass is 16.5. The van der Waals surface area contributed by atoms with Crippen LogP contribution in [0.5, 0.6) is 5.75 Å². The normalized spacial score (nSPS) is 23.0. The highest BCUT2D eigenvalue weighted by Crippen LogP contribution is 2.33. The number of aryl methyl sites for hydroxylation is 1. The number of aromatic nitrogens is 2. The molecule has 2 aliphatic heterocycles. The van der Waals surface area contributed by atoms with Crippen molar-refractivity contribution in [2.24, 2.45) is 13.0 Å². The topological polar surface area (TPSA) is 48.3 Å². The molecule has 1 aromatic heterocycles.